The number of carbonyl (C=O) groups excluding carboxylic acids is 1. The number of hydrogen-bond donors (Lipinski definition) is 2. The van der Waals surface area contributed by atoms with Crippen LogP contribution >= 0.6 is 0 Å². The van der Waals surface area contributed by atoms with Crippen LogP contribution in [0.3, 0.4) is 0 Å². The number of anilines is 1. The predicted octanol–water partition coefficient (Wildman–Crippen LogP) is 1.13. The van der Waals surface area contributed by atoms with Crippen LogP contribution in [0.2, 0.25) is 0 Å². The third kappa shape index (κ3) is 5.31. The van der Waals surface area contributed by atoms with Crippen molar-refractivity contribution in [3.8, 4) is 0 Å². The van der Waals surface area contributed by atoms with Crippen molar-refractivity contribution in [1.82, 2.24) is 5.16 Å². The Morgan fingerprint density at radius 2 is 2.11 bits per heavy atom. The molecular formula is C18H30N2O7S. The number of amides is 1. The Morgan fingerprint density at radius 3 is 2.71 bits per heavy atom. The van der Waals surface area contributed by atoms with E-state index >= 15 is 0 Å². The second-order valence-corrected chi connectivity index (χ2v) is 10.8. The van der Waals surface area contributed by atoms with Gasteiger partial charge >= 0.3 is 0 Å². The largest absolute Gasteiger partial charge is 0.394 e. The van der Waals surface area contributed by atoms with E-state index < -0.39 is 25.9 Å². The van der Waals surface area contributed by atoms with E-state index in [4.69, 9.17) is 19.1 Å². The molecule has 10 heteroatoms. The predicted molar refractivity (Wildman–Crippen MR) is 103 cm³/mol. The van der Waals surface area contributed by atoms with E-state index in [9.17, 15) is 13.2 Å². The molecule has 1 fully saturated rings. The molecule has 160 valence electrons. The highest BCUT2D eigenvalue weighted by Crippen LogP contribution is 2.28. The summed E-state index contributed by atoms with van der Waals surface area (Å²) in [6, 6.07) is 1.55. The smallest absolute Gasteiger partial charge is 0.247 e. The Balaban J connectivity index is 2.04. The monoisotopic (exact) mass is 418 g/mol. The minimum absolute atomic E-state index is 0.0720. The van der Waals surface area contributed by atoms with Crippen LogP contribution in [0.1, 0.15) is 39.8 Å². The van der Waals surface area contributed by atoms with E-state index in [1.807, 2.05) is 13.8 Å². The number of ether oxygens (including phenoxy) is 2. The van der Waals surface area contributed by atoms with Gasteiger partial charge in [0.15, 0.2) is 9.84 Å². The molecule has 0 aromatic carbocycles. The van der Waals surface area contributed by atoms with Crippen molar-refractivity contribution in [3.05, 3.63) is 11.8 Å². The van der Waals surface area contributed by atoms with Gasteiger partial charge in [-0.1, -0.05) is 19.0 Å². The fourth-order valence-electron chi connectivity index (χ4n) is 2.76. The molecule has 1 saturated heterocycles. The average molecular weight is 419 g/mol. The topological polar surface area (TPSA) is 128 Å². The van der Waals surface area contributed by atoms with E-state index in [0.29, 0.717) is 31.9 Å². The van der Waals surface area contributed by atoms with Crippen molar-refractivity contribution in [2.45, 2.75) is 44.3 Å². The minimum Gasteiger partial charge on any atom is -0.394 e. The first-order valence-corrected chi connectivity index (χ1v) is 10.9. The highest BCUT2D eigenvalue weighted by atomic mass is 32.2. The highest BCUT2D eigenvalue weighted by Gasteiger charge is 2.43. The Bertz CT molecular complexity index is 765. The van der Waals surface area contributed by atoms with Crippen molar-refractivity contribution in [3.63, 3.8) is 0 Å². The molecule has 0 saturated carbocycles. The summed E-state index contributed by atoms with van der Waals surface area (Å²) in [4.78, 5) is 12.7. The first-order valence-electron chi connectivity index (χ1n) is 9.27. The van der Waals surface area contributed by atoms with Gasteiger partial charge in [0.25, 0.3) is 0 Å². The number of aliphatic hydroxyl groups is 1. The van der Waals surface area contributed by atoms with Crippen LogP contribution in [0.25, 0.3) is 0 Å². The lowest BCUT2D eigenvalue weighted by molar-refractivity contribution is -0.118. The fraction of sp³-hybridized carbons (Fsp3) is 0.778. The summed E-state index contributed by atoms with van der Waals surface area (Å²) in [5.74, 6) is -0.788. The van der Waals surface area contributed by atoms with Gasteiger partial charge in [0, 0.05) is 18.1 Å². The van der Waals surface area contributed by atoms with Crippen LogP contribution in [0, 0.1) is 5.92 Å². The van der Waals surface area contributed by atoms with Gasteiger partial charge in [-0.25, -0.2) is 8.42 Å². The second-order valence-electron chi connectivity index (χ2n) is 8.21. The zero-order chi connectivity index (χ0) is 21.0. The molecule has 1 amide bonds. The lowest BCUT2D eigenvalue weighted by Crippen LogP contribution is -2.46. The molecule has 2 N–H and O–H groups in total. The first kappa shape index (κ1) is 22.8. The molecule has 1 aromatic heterocycles. The minimum atomic E-state index is -3.70. The van der Waals surface area contributed by atoms with Crippen molar-refractivity contribution < 1.29 is 32.3 Å². The molecule has 28 heavy (non-hydrogen) atoms. The number of rotatable bonds is 10. The van der Waals surface area contributed by atoms with Crippen molar-refractivity contribution in [2.24, 2.45) is 5.92 Å². The first-order chi connectivity index (χ1) is 13.0. The molecule has 1 aromatic rings. The van der Waals surface area contributed by atoms with Crippen LogP contribution in [-0.4, -0.2) is 68.1 Å². The normalized spacial score (nSPS) is 18.4. The van der Waals surface area contributed by atoms with Crippen LogP contribution in [0.4, 0.5) is 5.88 Å². The Labute approximate surface area is 165 Å². The molecular weight excluding hydrogens is 388 g/mol. The maximum absolute atomic E-state index is 12.8. The van der Waals surface area contributed by atoms with Crippen molar-refractivity contribution >= 4 is 21.6 Å². The maximum Gasteiger partial charge on any atom is 0.247 e. The number of aromatic nitrogens is 1. The molecule has 2 rings (SSSR count). The fourth-order valence-corrected chi connectivity index (χ4v) is 4.39. The molecule has 0 bridgehead atoms. The highest BCUT2D eigenvalue weighted by molar-refractivity contribution is 7.93. The lowest BCUT2D eigenvalue weighted by atomic mass is 9.90. The van der Waals surface area contributed by atoms with E-state index in [2.05, 4.69) is 10.5 Å². The van der Waals surface area contributed by atoms with Crippen LogP contribution < -0.4 is 5.32 Å². The standard InChI is InChI=1S/C18H30N2O7S/c1-17(2,12-26-8-6-21)14-9-15(27-20-14)19-16(22)18(3,4)28(23,24)11-13-5-7-25-10-13/h9,13,21H,5-8,10-12H2,1-4H3,(H,19,22)/t13-/m0/s1. The van der Waals surface area contributed by atoms with Gasteiger partial charge in [-0.2, -0.15) is 0 Å². The molecule has 1 aliphatic heterocycles. The van der Waals surface area contributed by atoms with Crippen LogP contribution in [0.5, 0.6) is 0 Å². The van der Waals surface area contributed by atoms with E-state index in [1.54, 1.807) is 6.07 Å². The number of nitrogens with zero attached hydrogens (tertiary/aromatic N) is 1. The number of hydrogen-bond acceptors (Lipinski definition) is 8. The van der Waals surface area contributed by atoms with E-state index in [-0.39, 0.29) is 30.8 Å². The summed E-state index contributed by atoms with van der Waals surface area (Å²) in [7, 11) is -3.70. The SMILES string of the molecule is CC(C)(COCCO)c1cc(NC(=O)C(C)(C)S(=O)(=O)C[C@H]2CCOC2)on1. The number of aliphatic hydroxyl groups excluding tert-OH is 1. The van der Waals surface area contributed by atoms with Gasteiger partial charge in [0.1, 0.15) is 4.75 Å². The van der Waals surface area contributed by atoms with Gasteiger partial charge in [-0.3, -0.25) is 10.1 Å². The van der Waals surface area contributed by atoms with Gasteiger partial charge in [-0.05, 0) is 26.2 Å². The Kier molecular flexibility index (Phi) is 7.24. The molecule has 0 unspecified atom stereocenters. The summed E-state index contributed by atoms with van der Waals surface area (Å²) in [6.07, 6.45) is 0.676. The molecule has 0 radical (unpaired) electrons. The summed E-state index contributed by atoms with van der Waals surface area (Å²) in [5.41, 5.74) is 0.0376. The molecule has 0 spiro atoms. The zero-order valence-corrected chi connectivity index (χ0v) is 17.7. The third-order valence-corrected chi connectivity index (χ3v) is 7.59. The van der Waals surface area contributed by atoms with Gasteiger partial charge < -0.3 is 19.1 Å². The molecule has 1 atom stereocenters. The summed E-state index contributed by atoms with van der Waals surface area (Å²) >= 11 is 0. The number of nitrogens with one attached hydrogen (secondary N) is 1. The number of sulfone groups is 1. The molecule has 2 heterocycles. The Hall–Kier alpha value is -1.49. The lowest BCUT2D eigenvalue weighted by Gasteiger charge is -2.24. The molecule has 1 aliphatic rings. The quantitative estimate of drug-likeness (QED) is 0.541. The maximum atomic E-state index is 12.8. The summed E-state index contributed by atoms with van der Waals surface area (Å²) in [6.45, 7) is 7.92. The van der Waals surface area contributed by atoms with Gasteiger partial charge in [0.2, 0.25) is 11.8 Å². The molecule has 9 nitrogen and oxygen atoms in total. The second kappa shape index (κ2) is 8.89. The number of carbonyl (C=O) groups is 1. The van der Waals surface area contributed by atoms with Gasteiger partial charge in [-0.15, -0.1) is 0 Å². The van der Waals surface area contributed by atoms with Crippen LogP contribution in [0.15, 0.2) is 10.6 Å². The van der Waals surface area contributed by atoms with Crippen molar-refractivity contribution in [1.29, 1.82) is 0 Å². The van der Waals surface area contributed by atoms with Crippen LogP contribution in [-0.2, 0) is 29.5 Å². The van der Waals surface area contributed by atoms with E-state index in [0.717, 1.165) is 0 Å². The summed E-state index contributed by atoms with van der Waals surface area (Å²) in [5, 5.41) is 15.3. The third-order valence-electron chi connectivity index (χ3n) is 4.94. The van der Waals surface area contributed by atoms with Crippen molar-refractivity contribution in [2.75, 3.05) is 44.1 Å². The zero-order valence-electron chi connectivity index (χ0n) is 16.9. The van der Waals surface area contributed by atoms with E-state index in [1.165, 1.54) is 13.8 Å². The molecule has 0 aliphatic carbocycles. The van der Waals surface area contributed by atoms with Gasteiger partial charge in [0.05, 0.1) is 37.9 Å². The Morgan fingerprint density at radius 1 is 1.39 bits per heavy atom. The average Bonchev–Trinajstić information content (AvgIpc) is 3.26. The summed E-state index contributed by atoms with van der Waals surface area (Å²) < 4.78 is 39.6.